The Hall–Kier alpha value is -0.810. The molecule has 120 valence electrons. The number of H-pyrrole nitrogens is 1. The van der Waals surface area contributed by atoms with Crippen molar-refractivity contribution in [2.45, 2.75) is 76.2 Å². The minimum absolute atomic E-state index is 0.0405. The van der Waals surface area contributed by atoms with Gasteiger partial charge in [0, 0.05) is 23.1 Å². The Bertz CT molecular complexity index is 455. The minimum Gasteiger partial charge on any atom is -0.313 e. The first-order valence-electron chi connectivity index (χ1n) is 8.14. The largest absolute Gasteiger partial charge is 0.313 e. The molecule has 0 saturated carbocycles. The predicted molar refractivity (Wildman–Crippen MR) is 91.2 cm³/mol. The normalized spacial score (nSPS) is 14.1. The molecule has 0 spiro atoms. The molecule has 4 nitrogen and oxygen atoms in total. The summed E-state index contributed by atoms with van der Waals surface area (Å²) in [5.74, 6) is 0. The van der Waals surface area contributed by atoms with Crippen molar-refractivity contribution in [2.24, 2.45) is 0 Å². The summed E-state index contributed by atoms with van der Waals surface area (Å²) in [7, 11) is 0. The van der Waals surface area contributed by atoms with Crippen LogP contribution >= 0.6 is 11.8 Å². The second-order valence-electron chi connectivity index (χ2n) is 5.31. The van der Waals surface area contributed by atoms with Crippen LogP contribution in [0.15, 0.2) is 16.0 Å². The van der Waals surface area contributed by atoms with Crippen LogP contribution in [0.4, 0.5) is 0 Å². The maximum atomic E-state index is 11.8. The van der Waals surface area contributed by atoms with Gasteiger partial charge in [0.25, 0.3) is 5.56 Å². The van der Waals surface area contributed by atoms with Crippen LogP contribution in [-0.2, 0) is 6.42 Å². The summed E-state index contributed by atoms with van der Waals surface area (Å²) in [6.07, 6.45) is 5.24. The lowest BCUT2D eigenvalue weighted by Crippen LogP contribution is -2.38. The molecule has 1 heterocycles. The van der Waals surface area contributed by atoms with Crippen LogP contribution in [0.5, 0.6) is 0 Å². The molecule has 2 unspecified atom stereocenters. The fourth-order valence-electron chi connectivity index (χ4n) is 2.51. The zero-order chi connectivity index (χ0) is 15.7. The van der Waals surface area contributed by atoms with Crippen molar-refractivity contribution in [2.75, 3.05) is 6.54 Å². The summed E-state index contributed by atoms with van der Waals surface area (Å²) in [6.45, 7) is 9.63. The van der Waals surface area contributed by atoms with E-state index < -0.39 is 0 Å². The van der Waals surface area contributed by atoms with Crippen LogP contribution in [0, 0.1) is 0 Å². The van der Waals surface area contributed by atoms with Crippen molar-refractivity contribution in [1.29, 1.82) is 0 Å². The van der Waals surface area contributed by atoms with Crippen LogP contribution in [-0.4, -0.2) is 27.8 Å². The number of thioether (sulfide) groups is 1. The number of nitrogens with zero attached hydrogens (tertiary/aromatic N) is 1. The first kappa shape index (κ1) is 18.2. The van der Waals surface area contributed by atoms with E-state index in [-0.39, 0.29) is 5.56 Å². The lowest BCUT2D eigenvalue weighted by molar-refractivity contribution is 0.465. The molecule has 1 rings (SSSR count). The predicted octanol–water partition coefficient (Wildman–Crippen LogP) is 3.37. The van der Waals surface area contributed by atoms with Gasteiger partial charge in [0.1, 0.15) is 0 Å². The van der Waals surface area contributed by atoms with Crippen LogP contribution < -0.4 is 10.9 Å². The lowest BCUT2D eigenvalue weighted by Gasteiger charge is -2.25. The molecule has 0 aliphatic rings. The number of aromatic nitrogens is 2. The maximum Gasteiger partial charge on any atom is 0.251 e. The molecule has 0 aromatic carbocycles. The molecule has 0 aliphatic heterocycles. The Kier molecular flexibility index (Phi) is 8.69. The van der Waals surface area contributed by atoms with Gasteiger partial charge >= 0.3 is 0 Å². The van der Waals surface area contributed by atoms with Crippen molar-refractivity contribution < 1.29 is 0 Å². The van der Waals surface area contributed by atoms with Gasteiger partial charge in [-0.2, -0.15) is 0 Å². The second-order valence-corrected chi connectivity index (χ2v) is 6.54. The minimum atomic E-state index is -0.0405. The molecular weight excluding hydrogens is 282 g/mol. The summed E-state index contributed by atoms with van der Waals surface area (Å²) in [5.41, 5.74) is 0.857. The first-order chi connectivity index (χ1) is 10.1. The van der Waals surface area contributed by atoms with Crippen molar-refractivity contribution >= 4 is 11.8 Å². The topological polar surface area (TPSA) is 57.8 Å². The molecule has 0 bridgehead atoms. The number of aromatic amines is 1. The quantitative estimate of drug-likeness (QED) is 0.514. The van der Waals surface area contributed by atoms with Crippen LogP contribution in [0.2, 0.25) is 0 Å². The highest BCUT2D eigenvalue weighted by Crippen LogP contribution is 2.26. The smallest absolute Gasteiger partial charge is 0.251 e. The second kappa shape index (κ2) is 10.0. The van der Waals surface area contributed by atoms with Gasteiger partial charge in [0.2, 0.25) is 0 Å². The number of aryl methyl sites for hydroxylation is 1. The number of hydrogen-bond donors (Lipinski definition) is 2. The Morgan fingerprint density at radius 2 is 2.05 bits per heavy atom. The zero-order valence-corrected chi connectivity index (χ0v) is 14.6. The Morgan fingerprint density at radius 1 is 1.29 bits per heavy atom. The van der Waals surface area contributed by atoms with Gasteiger partial charge in [-0.15, -0.1) is 0 Å². The molecule has 0 aliphatic carbocycles. The Balaban J connectivity index is 2.86. The Labute approximate surface area is 132 Å². The number of nitrogens with one attached hydrogen (secondary N) is 2. The van der Waals surface area contributed by atoms with Crippen molar-refractivity contribution in [3.05, 3.63) is 22.1 Å². The molecule has 21 heavy (non-hydrogen) atoms. The van der Waals surface area contributed by atoms with E-state index in [9.17, 15) is 4.79 Å². The van der Waals surface area contributed by atoms with Gasteiger partial charge in [-0.3, -0.25) is 4.79 Å². The molecule has 2 atom stereocenters. The fraction of sp³-hybridized carbons (Fsp3) is 0.750. The summed E-state index contributed by atoms with van der Waals surface area (Å²) >= 11 is 1.70. The number of hydrogen-bond acceptors (Lipinski definition) is 4. The highest BCUT2D eigenvalue weighted by atomic mass is 32.2. The van der Waals surface area contributed by atoms with E-state index in [2.05, 4.69) is 43.0 Å². The molecule has 1 aromatic heterocycles. The molecular formula is C16H29N3OS. The monoisotopic (exact) mass is 311 g/mol. The van der Waals surface area contributed by atoms with Gasteiger partial charge in [-0.05, 0) is 25.8 Å². The third kappa shape index (κ3) is 6.22. The Morgan fingerprint density at radius 3 is 2.62 bits per heavy atom. The zero-order valence-electron chi connectivity index (χ0n) is 13.7. The van der Waals surface area contributed by atoms with Gasteiger partial charge in [-0.25, -0.2) is 4.98 Å². The van der Waals surface area contributed by atoms with E-state index in [0.717, 1.165) is 49.5 Å². The van der Waals surface area contributed by atoms with Gasteiger partial charge in [0.05, 0.1) is 0 Å². The molecule has 0 amide bonds. The summed E-state index contributed by atoms with van der Waals surface area (Å²) in [4.78, 5) is 19.2. The molecule has 0 saturated heterocycles. The van der Waals surface area contributed by atoms with Gasteiger partial charge in [0.15, 0.2) is 5.16 Å². The van der Waals surface area contributed by atoms with Crippen molar-refractivity contribution in [3.8, 4) is 0 Å². The SMILES string of the molecule is CCCc1cc(=O)[nH]c(SC(CC)C(CCC)NCC)n1. The van der Waals surface area contributed by atoms with E-state index in [1.807, 2.05) is 0 Å². The highest BCUT2D eigenvalue weighted by Gasteiger charge is 2.20. The average molecular weight is 311 g/mol. The third-order valence-electron chi connectivity index (χ3n) is 3.46. The molecule has 0 fully saturated rings. The van der Waals surface area contributed by atoms with Crippen LogP contribution in [0.3, 0.4) is 0 Å². The standard InChI is InChI=1S/C16H29N3OS/c1-5-9-12-11-15(20)19-16(18-12)21-14(7-3)13(10-6-2)17-8-4/h11,13-14,17H,5-10H2,1-4H3,(H,18,19,20). The summed E-state index contributed by atoms with van der Waals surface area (Å²) in [6, 6.07) is 2.08. The first-order valence-corrected chi connectivity index (χ1v) is 9.02. The molecule has 1 aromatic rings. The summed E-state index contributed by atoms with van der Waals surface area (Å²) in [5, 5.41) is 4.76. The van der Waals surface area contributed by atoms with E-state index in [1.54, 1.807) is 17.8 Å². The van der Waals surface area contributed by atoms with E-state index in [0.29, 0.717) is 11.3 Å². The average Bonchev–Trinajstić information content (AvgIpc) is 2.44. The van der Waals surface area contributed by atoms with Gasteiger partial charge < -0.3 is 10.3 Å². The maximum absolute atomic E-state index is 11.8. The summed E-state index contributed by atoms with van der Waals surface area (Å²) < 4.78 is 0. The van der Waals surface area contributed by atoms with E-state index >= 15 is 0 Å². The van der Waals surface area contributed by atoms with Crippen LogP contribution in [0.25, 0.3) is 0 Å². The van der Waals surface area contributed by atoms with Crippen LogP contribution in [0.1, 0.15) is 59.1 Å². The van der Waals surface area contributed by atoms with E-state index in [1.165, 1.54) is 0 Å². The molecule has 5 heteroatoms. The van der Waals surface area contributed by atoms with Crippen molar-refractivity contribution in [1.82, 2.24) is 15.3 Å². The van der Waals surface area contributed by atoms with Gasteiger partial charge in [-0.1, -0.05) is 52.3 Å². The fourth-order valence-corrected chi connectivity index (χ4v) is 3.69. The van der Waals surface area contributed by atoms with E-state index in [4.69, 9.17) is 0 Å². The molecule has 2 N–H and O–H groups in total. The highest BCUT2D eigenvalue weighted by molar-refractivity contribution is 7.99. The molecule has 0 radical (unpaired) electrons. The number of rotatable bonds is 10. The third-order valence-corrected chi connectivity index (χ3v) is 4.84. The lowest BCUT2D eigenvalue weighted by atomic mass is 10.1. The van der Waals surface area contributed by atoms with Crippen molar-refractivity contribution in [3.63, 3.8) is 0 Å².